The van der Waals surface area contributed by atoms with Gasteiger partial charge in [-0.05, 0) is 31.9 Å². The molecule has 8 heteroatoms. The molecule has 7 nitrogen and oxygen atoms in total. The average molecular weight is 379 g/mol. The van der Waals surface area contributed by atoms with Gasteiger partial charge in [0.1, 0.15) is 28.3 Å². The normalized spacial score (nSPS) is 16.4. The van der Waals surface area contributed by atoms with Crippen molar-refractivity contribution in [1.29, 1.82) is 0 Å². The molecule has 1 aliphatic rings. The molecule has 1 aromatic carbocycles. The van der Waals surface area contributed by atoms with Crippen LogP contribution in [0.1, 0.15) is 18.6 Å². The number of methoxy groups -OCH3 is 1. The summed E-state index contributed by atoms with van der Waals surface area (Å²) in [5.41, 5.74) is -0.462. The Labute approximate surface area is 152 Å². The summed E-state index contributed by atoms with van der Waals surface area (Å²) in [6.07, 6.45) is 0.918. The van der Waals surface area contributed by atoms with Crippen LogP contribution in [0.5, 0.6) is 11.5 Å². The topological polar surface area (TPSA) is 86.1 Å². The standard InChI is InChI=1S/C18H21NO6S/c1-13-11-15(12-18(20)24-13)25-14-7-9-19(10-8-14)26(21,22)17-6-4-3-5-16(17)23-2/h3-6,11-12,14H,7-10H2,1-2H3. The second-order valence-corrected chi connectivity index (χ2v) is 8.00. The first-order valence-electron chi connectivity index (χ1n) is 8.32. The number of nitrogens with zero attached hydrogens (tertiary/aromatic N) is 1. The number of hydrogen-bond acceptors (Lipinski definition) is 6. The highest BCUT2D eigenvalue weighted by molar-refractivity contribution is 7.89. The molecule has 0 radical (unpaired) electrons. The van der Waals surface area contributed by atoms with Crippen LogP contribution in [-0.2, 0) is 10.0 Å². The van der Waals surface area contributed by atoms with Gasteiger partial charge in [0, 0.05) is 19.2 Å². The minimum absolute atomic E-state index is 0.152. The first kappa shape index (κ1) is 18.5. The molecule has 1 fully saturated rings. The number of benzene rings is 1. The van der Waals surface area contributed by atoms with Crippen LogP contribution in [0.3, 0.4) is 0 Å². The minimum atomic E-state index is -3.63. The third-order valence-electron chi connectivity index (χ3n) is 4.26. The summed E-state index contributed by atoms with van der Waals surface area (Å²) in [5.74, 6) is 1.26. The monoisotopic (exact) mass is 379 g/mol. The molecule has 0 bridgehead atoms. The van der Waals surface area contributed by atoms with Crippen molar-refractivity contribution in [3.8, 4) is 11.5 Å². The summed E-state index contributed by atoms with van der Waals surface area (Å²) in [4.78, 5) is 11.6. The van der Waals surface area contributed by atoms with Gasteiger partial charge in [-0.1, -0.05) is 12.1 Å². The van der Waals surface area contributed by atoms with Crippen molar-refractivity contribution in [1.82, 2.24) is 4.31 Å². The SMILES string of the molecule is COc1ccccc1S(=O)(=O)N1CCC(Oc2cc(C)oc(=O)c2)CC1. The van der Waals surface area contributed by atoms with E-state index < -0.39 is 15.6 Å². The van der Waals surface area contributed by atoms with Gasteiger partial charge in [-0.15, -0.1) is 0 Å². The van der Waals surface area contributed by atoms with Crippen LogP contribution in [0.2, 0.25) is 0 Å². The van der Waals surface area contributed by atoms with Crippen LogP contribution < -0.4 is 15.1 Å². The third-order valence-corrected chi connectivity index (χ3v) is 6.20. The zero-order chi connectivity index (χ0) is 18.7. The summed E-state index contributed by atoms with van der Waals surface area (Å²) < 4.78 is 43.1. The van der Waals surface area contributed by atoms with Gasteiger partial charge < -0.3 is 13.9 Å². The lowest BCUT2D eigenvalue weighted by atomic mass is 10.1. The van der Waals surface area contributed by atoms with Crippen molar-refractivity contribution in [3.63, 3.8) is 0 Å². The Bertz CT molecular complexity index is 929. The van der Waals surface area contributed by atoms with Gasteiger partial charge in [0.15, 0.2) is 0 Å². The van der Waals surface area contributed by atoms with Gasteiger partial charge in [-0.25, -0.2) is 13.2 Å². The van der Waals surface area contributed by atoms with Crippen LogP contribution in [0.4, 0.5) is 0 Å². The first-order valence-corrected chi connectivity index (χ1v) is 9.76. The van der Waals surface area contributed by atoms with Crippen LogP contribution in [0.25, 0.3) is 0 Å². The molecule has 0 unspecified atom stereocenters. The van der Waals surface area contributed by atoms with Crippen molar-refractivity contribution in [3.05, 3.63) is 52.6 Å². The molecule has 0 N–H and O–H groups in total. The van der Waals surface area contributed by atoms with Gasteiger partial charge in [0.05, 0.1) is 13.2 Å². The Kier molecular flexibility index (Phi) is 5.33. The maximum atomic E-state index is 12.9. The van der Waals surface area contributed by atoms with Crippen molar-refractivity contribution in [2.45, 2.75) is 30.8 Å². The number of sulfonamides is 1. The lowest BCUT2D eigenvalue weighted by Gasteiger charge is -2.31. The Morgan fingerprint density at radius 1 is 1.15 bits per heavy atom. The minimum Gasteiger partial charge on any atom is -0.495 e. The molecule has 3 rings (SSSR count). The number of para-hydroxylation sites is 1. The molecule has 0 spiro atoms. The zero-order valence-electron chi connectivity index (χ0n) is 14.7. The second kappa shape index (κ2) is 7.51. The molecule has 0 aliphatic carbocycles. The smallest absolute Gasteiger partial charge is 0.339 e. The van der Waals surface area contributed by atoms with Gasteiger partial charge in [-0.3, -0.25) is 0 Å². The van der Waals surface area contributed by atoms with Gasteiger partial charge in [-0.2, -0.15) is 4.31 Å². The molecule has 140 valence electrons. The Balaban J connectivity index is 1.69. The van der Waals surface area contributed by atoms with E-state index in [0.717, 1.165) is 0 Å². The largest absolute Gasteiger partial charge is 0.495 e. The molecule has 1 aromatic heterocycles. The summed E-state index contributed by atoms with van der Waals surface area (Å²) in [5, 5.41) is 0. The highest BCUT2D eigenvalue weighted by Crippen LogP contribution is 2.29. The maximum Gasteiger partial charge on any atom is 0.339 e. The quantitative estimate of drug-likeness (QED) is 0.792. The summed E-state index contributed by atoms with van der Waals surface area (Å²) in [6.45, 7) is 2.35. The summed E-state index contributed by atoms with van der Waals surface area (Å²) in [7, 11) is -2.18. The lowest BCUT2D eigenvalue weighted by molar-refractivity contribution is 0.134. The molecule has 0 amide bonds. The Hall–Kier alpha value is -2.32. The summed E-state index contributed by atoms with van der Waals surface area (Å²) >= 11 is 0. The van der Waals surface area contributed by atoms with E-state index in [1.807, 2.05) is 0 Å². The van der Waals surface area contributed by atoms with Crippen molar-refractivity contribution >= 4 is 10.0 Å². The van der Waals surface area contributed by atoms with E-state index >= 15 is 0 Å². The number of hydrogen-bond donors (Lipinski definition) is 0. The van der Waals surface area contributed by atoms with Crippen LogP contribution in [0, 0.1) is 6.92 Å². The van der Waals surface area contributed by atoms with E-state index in [2.05, 4.69) is 0 Å². The van der Waals surface area contributed by atoms with Crippen LogP contribution >= 0.6 is 0 Å². The molecule has 1 aliphatic heterocycles. The molecule has 2 aromatic rings. The lowest BCUT2D eigenvalue weighted by Crippen LogP contribution is -2.41. The maximum absolute atomic E-state index is 12.9. The molecule has 26 heavy (non-hydrogen) atoms. The number of ether oxygens (including phenoxy) is 2. The Morgan fingerprint density at radius 3 is 2.50 bits per heavy atom. The van der Waals surface area contributed by atoms with Gasteiger partial charge in [0.2, 0.25) is 10.0 Å². The fourth-order valence-corrected chi connectivity index (χ4v) is 4.62. The van der Waals surface area contributed by atoms with E-state index in [1.165, 1.54) is 17.5 Å². The predicted molar refractivity (Wildman–Crippen MR) is 95.1 cm³/mol. The summed E-state index contributed by atoms with van der Waals surface area (Å²) in [6, 6.07) is 9.53. The Morgan fingerprint density at radius 2 is 1.85 bits per heavy atom. The molecule has 1 saturated heterocycles. The van der Waals surface area contributed by atoms with Gasteiger partial charge in [0.25, 0.3) is 0 Å². The van der Waals surface area contributed by atoms with Crippen LogP contribution in [0.15, 0.2) is 50.5 Å². The van der Waals surface area contributed by atoms with Crippen molar-refractivity contribution in [2.24, 2.45) is 0 Å². The van der Waals surface area contributed by atoms with E-state index in [0.29, 0.717) is 43.2 Å². The number of piperidine rings is 1. The van der Waals surface area contributed by atoms with Gasteiger partial charge >= 0.3 is 5.63 Å². The molecule has 0 saturated carbocycles. The van der Waals surface area contributed by atoms with E-state index in [1.54, 1.807) is 37.3 Å². The highest BCUT2D eigenvalue weighted by atomic mass is 32.2. The van der Waals surface area contributed by atoms with Crippen molar-refractivity contribution in [2.75, 3.05) is 20.2 Å². The highest BCUT2D eigenvalue weighted by Gasteiger charge is 2.32. The average Bonchev–Trinajstić information content (AvgIpc) is 2.61. The fourth-order valence-electron chi connectivity index (χ4n) is 3.00. The molecule has 0 atom stereocenters. The second-order valence-electron chi connectivity index (χ2n) is 6.09. The number of aryl methyl sites for hydroxylation is 1. The van der Waals surface area contributed by atoms with E-state index in [9.17, 15) is 13.2 Å². The fraction of sp³-hybridized carbons (Fsp3) is 0.389. The molecular formula is C18H21NO6S. The van der Waals surface area contributed by atoms with E-state index in [4.69, 9.17) is 13.9 Å². The molecule has 2 heterocycles. The molecular weight excluding hydrogens is 358 g/mol. The third kappa shape index (κ3) is 3.91. The van der Waals surface area contributed by atoms with E-state index in [-0.39, 0.29) is 11.0 Å². The predicted octanol–water partition coefficient (Wildman–Crippen LogP) is 2.19. The number of rotatable bonds is 5. The zero-order valence-corrected chi connectivity index (χ0v) is 15.5. The van der Waals surface area contributed by atoms with Crippen LogP contribution in [-0.4, -0.2) is 39.0 Å². The van der Waals surface area contributed by atoms with Crippen molar-refractivity contribution < 1.29 is 22.3 Å². The first-order chi connectivity index (χ1) is 12.4.